The number of carbonyl (C=O) groups is 1. The number of rotatable bonds is 3. The second kappa shape index (κ2) is 6.25. The van der Waals surface area contributed by atoms with Crippen LogP contribution in [0.3, 0.4) is 0 Å². The molecule has 1 atom stereocenters. The summed E-state index contributed by atoms with van der Waals surface area (Å²) in [7, 11) is -3.39. The molecule has 122 valence electrons. The van der Waals surface area contributed by atoms with Crippen LogP contribution in [0.5, 0.6) is 0 Å². The molecule has 2 aromatic rings. The van der Waals surface area contributed by atoms with Crippen molar-refractivity contribution in [2.45, 2.75) is 25.3 Å². The van der Waals surface area contributed by atoms with Crippen LogP contribution in [0.2, 0.25) is 0 Å². The molecule has 1 aromatic carbocycles. The lowest BCUT2D eigenvalue weighted by Crippen LogP contribution is -2.49. The van der Waals surface area contributed by atoms with E-state index in [4.69, 9.17) is 0 Å². The zero-order valence-electron chi connectivity index (χ0n) is 12.9. The highest BCUT2D eigenvalue weighted by Gasteiger charge is 2.34. The molecule has 1 aliphatic rings. The molecule has 0 spiro atoms. The summed E-state index contributed by atoms with van der Waals surface area (Å²) in [5.41, 5.74) is 1.42. The number of pyridine rings is 1. The van der Waals surface area contributed by atoms with Crippen LogP contribution in [0, 0.1) is 0 Å². The largest absolute Gasteiger partial charge is 0.323 e. The number of nitrogens with one attached hydrogen (secondary N) is 1. The van der Waals surface area contributed by atoms with Gasteiger partial charge in [0.15, 0.2) is 0 Å². The van der Waals surface area contributed by atoms with Gasteiger partial charge in [-0.15, -0.1) is 0 Å². The van der Waals surface area contributed by atoms with Gasteiger partial charge in [0.2, 0.25) is 15.9 Å². The number of piperidine rings is 1. The van der Waals surface area contributed by atoms with Gasteiger partial charge >= 0.3 is 0 Å². The standard InChI is InChI=1S/C16H19N3O3S/c1-23(21,22)19-9-5-4-8-15(19)16(20)18-13-10-12-6-2-3-7-14(12)17-11-13/h2-3,6-7,10-11,15H,4-5,8-9H2,1H3,(H,18,20)/t15-/m1/s1. The average Bonchev–Trinajstić information content (AvgIpc) is 2.54. The smallest absolute Gasteiger partial charge is 0.242 e. The van der Waals surface area contributed by atoms with Crippen LogP contribution in [0.4, 0.5) is 5.69 Å². The Hall–Kier alpha value is -1.99. The van der Waals surface area contributed by atoms with Gasteiger partial charge in [-0.3, -0.25) is 9.78 Å². The number of anilines is 1. The summed E-state index contributed by atoms with van der Waals surface area (Å²) >= 11 is 0. The summed E-state index contributed by atoms with van der Waals surface area (Å²) < 4.78 is 25.0. The number of aromatic nitrogens is 1. The summed E-state index contributed by atoms with van der Waals surface area (Å²) in [4.78, 5) is 16.8. The van der Waals surface area contributed by atoms with Crippen LogP contribution >= 0.6 is 0 Å². The SMILES string of the molecule is CS(=O)(=O)N1CCCC[C@@H]1C(=O)Nc1cnc2ccccc2c1. The minimum Gasteiger partial charge on any atom is -0.323 e. The van der Waals surface area contributed by atoms with E-state index in [1.165, 1.54) is 4.31 Å². The van der Waals surface area contributed by atoms with Crippen LogP contribution in [0.15, 0.2) is 36.5 Å². The summed E-state index contributed by atoms with van der Waals surface area (Å²) in [5, 5.41) is 3.72. The lowest BCUT2D eigenvalue weighted by molar-refractivity contribution is -0.120. The number of para-hydroxylation sites is 1. The molecule has 0 saturated carbocycles. The number of fused-ring (bicyclic) bond motifs is 1. The molecule has 3 rings (SSSR count). The van der Waals surface area contributed by atoms with Crippen molar-refractivity contribution in [1.82, 2.24) is 9.29 Å². The molecule has 0 aliphatic carbocycles. The molecule has 1 saturated heterocycles. The Balaban J connectivity index is 1.81. The van der Waals surface area contributed by atoms with Gasteiger partial charge in [0, 0.05) is 11.9 Å². The highest BCUT2D eigenvalue weighted by Crippen LogP contribution is 2.22. The number of amides is 1. The fraction of sp³-hybridized carbons (Fsp3) is 0.375. The van der Waals surface area contributed by atoms with Gasteiger partial charge in [0.1, 0.15) is 6.04 Å². The maximum Gasteiger partial charge on any atom is 0.242 e. The first kappa shape index (κ1) is 15.9. The highest BCUT2D eigenvalue weighted by molar-refractivity contribution is 7.88. The number of hydrogen-bond donors (Lipinski definition) is 1. The zero-order chi connectivity index (χ0) is 16.4. The van der Waals surface area contributed by atoms with Gasteiger partial charge in [-0.2, -0.15) is 4.31 Å². The highest BCUT2D eigenvalue weighted by atomic mass is 32.2. The predicted molar refractivity (Wildman–Crippen MR) is 89.6 cm³/mol. The van der Waals surface area contributed by atoms with Gasteiger partial charge in [-0.25, -0.2) is 8.42 Å². The van der Waals surface area contributed by atoms with Crippen LogP contribution in [0.25, 0.3) is 10.9 Å². The first-order valence-electron chi connectivity index (χ1n) is 7.57. The zero-order valence-corrected chi connectivity index (χ0v) is 13.7. The van der Waals surface area contributed by atoms with Gasteiger partial charge < -0.3 is 5.32 Å². The van der Waals surface area contributed by atoms with E-state index in [1.807, 2.05) is 30.3 Å². The molecule has 2 heterocycles. The Morgan fingerprint density at radius 3 is 2.87 bits per heavy atom. The lowest BCUT2D eigenvalue weighted by Gasteiger charge is -2.32. The fourth-order valence-electron chi connectivity index (χ4n) is 2.93. The molecule has 1 amide bonds. The van der Waals surface area contributed by atoms with Crippen molar-refractivity contribution in [3.05, 3.63) is 36.5 Å². The van der Waals surface area contributed by atoms with Crippen molar-refractivity contribution in [3.8, 4) is 0 Å². The first-order valence-corrected chi connectivity index (χ1v) is 9.42. The summed E-state index contributed by atoms with van der Waals surface area (Å²) in [6, 6.07) is 8.81. The van der Waals surface area contributed by atoms with E-state index < -0.39 is 16.1 Å². The third-order valence-corrected chi connectivity index (χ3v) is 5.33. The normalized spacial score (nSPS) is 19.6. The van der Waals surface area contributed by atoms with E-state index in [9.17, 15) is 13.2 Å². The molecule has 0 unspecified atom stereocenters. The summed E-state index contributed by atoms with van der Waals surface area (Å²) in [5.74, 6) is -0.299. The van der Waals surface area contributed by atoms with Crippen molar-refractivity contribution in [3.63, 3.8) is 0 Å². The molecule has 0 radical (unpaired) electrons. The van der Waals surface area contributed by atoms with Crippen LogP contribution < -0.4 is 5.32 Å². The van der Waals surface area contributed by atoms with E-state index in [2.05, 4.69) is 10.3 Å². The topological polar surface area (TPSA) is 79.4 Å². The number of nitrogens with zero attached hydrogens (tertiary/aromatic N) is 2. The Bertz CT molecular complexity index is 835. The molecule has 1 fully saturated rings. The Morgan fingerprint density at radius 2 is 2.09 bits per heavy atom. The minimum atomic E-state index is -3.39. The summed E-state index contributed by atoms with van der Waals surface area (Å²) in [6.45, 7) is 0.396. The van der Waals surface area contributed by atoms with Gasteiger partial charge in [0.05, 0.1) is 23.7 Å². The van der Waals surface area contributed by atoms with E-state index in [-0.39, 0.29) is 5.91 Å². The number of carbonyl (C=O) groups excluding carboxylic acids is 1. The molecule has 0 bridgehead atoms. The van der Waals surface area contributed by atoms with Gasteiger partial charge in [-0.1, -0.05) is 24.6 Å². The predicted octanol–water partition coefficient (Wildman–Crippen LogP) is 1.99. The number of sulfonamides is 1. The Morgan fingerprint density at radius 1 is 1.30 bits per heavy atom. The van der Waals surface area contributed by atoms with E-state index >= 15 is 0 Å². The van der Waals surface area contributed by atoms with Crippen molar-refractivity contribution in [2.24, 2.45) is 0 Å². The molecular formula is C16H19N3O3S. The maximum atomic E-state index is 12.5. The number of hydrogen-bond acceptors (Lipinski definition) is 4. The second-order valence-electron chi connectivity index (χ2n) is 5.79. The van der Waals surface area contributed by atoms with Gasteiger partial charge in [-0.05, 0) is 25.0 Å². The third kappa shape index (κ3) is 3.51. The molecule has 1 aliphatic heterocycles. The molecule has 6 nitrogen and oxygen atoms in total. The van der Waals surface area contributed by atoms with Crippen molar-refractivity contribution in [1.29, 1.82) is 0 Å². The second-order valence-corrected chi connectivity index (χ2v) is 7.73. The maximum absolute atomic E-state index is 12.5. The Kier molecular flexibility index (Phi) is 4.32. The van der Waals surface area contributed by atoms with Gasteiger partial charge in [0.25, 0.3) is 0 Å². The quantitative estimate of drug-likeness (QED) is 0.931. The van der Waals surface area contributed by atoms with Crippen LogP contribution in [0.1, 0.15) is 19.3 Å². The fourth-order valence-corrected chi connectivity index (χ4v) is 4.05. The first-order chi connectivity index (χ1) is 10.9. The average molecular weight is 333 g/mol. The van der Waals surface area contributed by atoms with Crippen LogP contribution in [-0.2, 0) is 14.8 Å². The molecule has 1 N–H and O–H groups in total. The molecule has 7 heteroatoms. The van der Waals surface area contributed by atoms with E-state index in [1.54, 1.807) is 6.20 Å². The Labute approximate surface area is 135 Å². The van der Waals surface area contributed by atoms with Crippen molar-refractivity contribution < 1.29 is 13.2 Å². The van der Waals surface area contributed by atoms with E-state index in [0.29, 0.717) is 18.7 Å². The lowest BCUT2D eigenvalue weighted by atomic mass is 10.0. The van der Waals surface area contributed by atoms with Crippen LogP contribution in [-0.4, -0.2) is 42.5 Å². The van der Waals surface area contributed by atoms with Crippen molar-refractivity contribution >= 4 is 32.5 Å². The third-order valence-electron chi connectivity index (χ3n) is 4.04. The molecular weight excluding hydrogens is 314 g/mol. The molecule has 1 aromatic heterocycles. The monoisotopic (exact) mass is 333 g/mol. The number of benzene rings is 1. The van der Waals surface area contributed by atoms with Crippen molar-refractivity contribution in [2.75, 3.05) is 18.1 Å². The summed E-state index contributed by atoms with van der Waals surface area (Å²) in [6.07, 6.45) is 4.92. The molecule has 23 heavy (non-hydrogen) atoms. The minimum absolute atomic E-state index is 0.299. The van der Waals surface area contributed by atoms with E-state index in [0.717, 1.165) is 30.0 Å².